The van der Waals surface area contributed by atoms with Gasteiger partial charge >= 0.3 is 12.0 Å². The van der Waals surface area contributed by atoms with Crippen LogP contribution >= 0.6 is 0 Å². The minimum absolute atomic E-state index is 0.110. The van der Waals surface area contributed by atoms with Crippen molar-refractivity contribution in [2.75, 3.05) is 20.1 Å². The highest BCUT2D eigenvalue weighted by molar-refractivity contribution is 5.75. The highest BCUT2D eigenvalue weighted by atomic mass is 19.1. The van der Waals surface area contributed by atoms with E-state index in [1.165, 1.54) is 18.0 Å². The third-order valence-electron chi connectivity index (χ3n) is 3.29. The highest BCUT2D eigenvalue weighted by Crippen LogP contribution is 2.24. The van der Waals surface area contributed by atoms with Gasteiger partial charge in [-0.05, 0) is 11.6 Å². The molecule has 2 N–H and O–H groups in total. The standard InChI is InChI=1S/C15H21FN2O3/c1-15(2,11-6-4-5-7-12(11)16)10-17-14(21)18(3)9-8-13(19)20/h4-7H,8-10H2,1-3H3,(H,17,21)(H,19,20). The van der Waals surface area contributed by atoms with Gasteiger partial charge in [0, 0.05) is 25.6 Å². The monoisotopic (exact) mass is 296 g/mol. The summed E-state index contributed by atoms with van der Waals surface area (Å²) in [4.78, 5) is 23.6. The molecule has 6 heteroatoms. The molecule has 116 valence electrons. The summed E-state index contributed by atoms with van der Waals surface area (Å²) in [6.07, 6.45) is -0.110. The van der Waals surface area contributed by atoms with E-state index in [4.69, 9.17) is 5.11 Å². The Morgan fingerprint density at radius 2 is 1.95 bits per heavy atom. The molecule has 5 nitrogen and oxygen atoms in total. The lowest BCUT2D eigenvalue weighted by atomic mass is 9.84. The lowest BCUT2D eigenvalue weighted by Gasteiger charge is -2.27. The molecule has 0 spiro atoms. The molecule has 0 unspecified atom stereocenters. The summed E-state index contributed by atoms with van der Waals surface area (Å²) < 4.78 is 13.8. The molecule has 1 aromatic rings. The van der Waals surface area contributed by atoms with E-state index < -0.39 is 11.4 Å². The average molecular weight is 296 g/mol. The maximum atomic E-state index is 13.8. The Morgan fingerprint density at radius 1 is 1.33 bits per heavy atom. The van der Waals surface area contributed by atoms with E-state index in [2.05, 4.69) is 5.32 Å². The number of nitrogens with one attached hydrogen (secondary N) is 1. The van der Waals surface area contributed by atoms with E-state index in [9.17, 15) is 14.0 Å². The summed E-state index contributed by atoms with van der Waals surface area (Å²) in [5.74, 6) is -1.27. The first-order valence-corrected chi connectivity index (χ1v) is 6.70. The second-order valence-corrected chi connectivity index (χ2v) is 5.59. The van der Waals surface area contributed by atoms with Crippen molar-refractivity contribution in [1.29, 1.82) is 0 Å². The second-order valence-electron chi connectivity index (χ2n) is 5.59. The van der Waals surface area contributed by atoms with Crippen molar-refractivity contribution in [3.63, 3.8) is 0 Å². The largest absolute Gasteiger partial charge is 0.481 e. The van der Waals surface area contributed by atoms with Gasteiger partial charge in [-0.1, -0.05) is 32.0 Å². The minimum atomic E-state index is -0.957. The first kappa shape index (κ1) is 16.9. The van der Waals surface area contributed by atoms with Crippen LogP contribution in [-0.4, -0.2) is 42.1 Å². The van der Waals surface area contributed by atoms with Gasteiger partial charge in [-0.15, -0.1) is 0 Å². The molecule has 0 radical (unpaired) electrons. The Labute approximate surface area is 123 Å². The molecule has 0 heterocycles. The molecule has 2 amide bonds. The molecule has 0 saturated heterocycles. The fourth-order valence-corrected chi connectivity index (χ4v) is 1.90. The molecule has 1 aromatic carbocycles. The van der Waals surface area contributed by atoms with Crippen LogP contribution in [-0.2, 0) is 10.2 Å². The third kappa shape index (κ3) is 5.06. The number of carboxylic acid groups (broad SMARTS) is 1. The Balaban J connectivity index is 2.59. The number of benzene rings is 1. The molecule has 0 aliphatic heterocycles. The summed E-state index contributed by atoms with van der Waals surface area (Å²) in [5, 5.41) is 11.3. The number of carbonyl (C=O) groups is 2. The second kappa shape index (κ2) is 7.06. The number of hydrogen-bond donors (Lipinski definition) is 2. The normalized spacial score (nSPS) is 11.0. The van der Waals surface area contributed by atoms with Crippen molar-refractivity contribution in [2.24, 2.45) is 0 Å². The third-order valence-corrected chi connectivity index (χ3v) is 3.29. The topological polar surface area (TPSA) is 69.6 Å². The zero-order chi connectivity index (χ0) is 16.0. The summed E-state index contributed by atoms with van der Waals surface area (Å²) in [6.45, 7) is 4.05. The van der Waals surface area contributed by atoms with Crippen LogP contribution in [0.3, 0.4) is 0 Å². The average Bonchev–Trinajstić information content (AvgIpc) is 2.42. The number of carboxylic acids is 1. The summed E-state index contributed by atoms with van der Waals surface area (Å²) in [6, 6.07) is 6.07. The van der Waals surface area contributed by atoms with E-state index in [0.717, 1.165) is 0 Å². The van der Waals surface area contributed by atoms with Gasteiger partial charge in [0.15, 0.2) is 0 Å². The molecular formula is C15H21FN2O3. The van der Waals surface area contributed by atoms with Crippen LogP contribution in [0.1, 0.15) is 25.8 Å². The Morgan fingerprint density at radius 3 is 2.52 bits per heavy atom. The number of halogens is 1. The number of rotatable bonds is 6. The molecule has 0 bridgehead atoms. The zero-order valence-corrected chi connectivity index (χ0v) is 12.5. The molecule has 0 aliphatic rings. The summed E-state index contributed by atoms with van der Waals surface area (Å²) in [7, 11) is 1.52. The molecule has 0 atom stereocenters. The number of urea groups is 1. The number of amides is 2. The Hall–Kier alpha value is -2.11. The number of hydrogen-bond acceptors (Lipinski definition) is 2. The molecular weight excluding hydrogens is 275 g/mol. The molecule has 1 rings (SSSR count). The lowest BCUT2D eigenvalue weighted by molar-refractivity contribution is -0.137. The van der Waals surface area contributed by atoms with Crippen molar-refractivity contribution >= 4 is 12.0 Å². The van der Waals surface area contributed by atoms with Crippen LogP contribution in [0.5, 0.6) is 0 Å². The van der Waals surface area contributed by atoms with Gasteiger partial charge in [-0.25, -0.2) is 9.18 Å². The quantitative estimate of drug-likeness (QED) is 0.845. The molecule has 0 fully saturated rings. The molecule has 0 saturated carbocycles. The van der Waals surface area contributed by atoms with E-state index >= 15 is 0 Å². The van der Waals surface area contributed by atoms with Crippen LogP contribution < -0.4 is 5.32 Å². The maximum Gasteiger partial charge on any atom is 0.317 e. The minimum Gasteiger partial charge on any atom is -0.481 e. The van der Waals surface area contributed by atoms with Crippen molar-refractivity contribution < 1.29 is 19.1 Å². The highest BCUT2D eigenvalue weighted by Gasteiger charge is 2.25. The van der Waals surface area contributed by atoms with Gasteiger partial charge in [-0.3, -0.25) is 4.79 Å². The van der Waals surface area contributed by atoms with Gasteiger partial charge in [0.1, 0.15) is 5.82 Å². The number of nitrogens with zero attached hydrogens (tertiary/aromatic N) is 1. The smallest absolute Gasteiger partial charge is 0.317 e. The molecule has 0 aromatic heterocycles. The van der Waals surface area contributed by atoms with Crippen molar-refractivity contribution in [2.45, 2.75) is 25.7 Å². The fourth-order valence-electron chi connectivity index (χ4n) is 1.90. The van der Waals surface area contributed by atoms with Gasteiger partial charge < -0.3 is 15.3 Å². The van der Waals surface area contributed by atoms with Crippen LogP contribution in [0.25, 0.3) is 0 Å². The Bertz CT molecular complexity index is 517. The lowest BCUT2D eigenvalue weighted by Crippen LogP contribution is -2.44. The summed E-state index contributed by atoms with van der Waals surface area (Å²) >= 11 is 0. The molecule has 0 aliphatic carbocycles. The number of carbonyl (C=O) groups excluding carboxylic acids is 1. The van der Waals surface area contributed by atoms with Gasteiger partial charge in [0.05, 0.1) is 6.42 Å². The predicted octanol–water partition coefficient (Wildman–Crippen LogP) is 2.22. The van der Waals surface area contributed by atoms with Gasteiger partial charge in [-0.2, -0.15) is 0 Å². The SMILES string of the molecule is CN(CCC(=O)O)C(=O)NCC(C)(C)c1ccccc1F. The fraction of sp³-hybridized carbons (Fsp3) is 0.467. The van der Waals surface area contributed by atoms with Crippen molar-refractivity contribution in [3.05, 3.63) is 35.6 Å². The van der Waals surface area contributed by atoms with Gasteiger partial charge in [0.25, 0.3) is 0 Å². The van der Waals surface area contributed by atoms with Crippen LogP contribution in [0.15, 0.2) is 24.3 Å². The maximum absolute atomic E-state index is 13.8. The first-order valence-electron chi connectivity index (χ1n) is 6.70. The van der Waals surface area contributed by atoms with E-state index in [0.29, 0.717) is 5.56 Å². The first-order chi connectivity index (χ1) is 9.74. The molecule has 21 heavy (non-hydrogen) atoms. The van der Waals surface area contributed by atoms with E-state index in [-0.39, 0.29) is 31.4 Å². The van der Waals surface area contributed by atoms with E-state index in [1.54, 1.807) is 18.2 Å². The van der Waals surface area contributed by atoms with Crippen molar-refractivity contribution in [3.8, 4) is 0 Å². The van der Waals surface area contributed by atoms with Gasteiger partial charge in [0.2, 0.25) is 0 Å². The van der Waals surface area contributed by atoms with Crippen LogP contribution in [0, 0.1) is 5.82 Å². The Kier molecular flexibility index (Phi) is 5.69. The van der Waals surface area contributed by atoms with Crippen LogP contribution in [0.2, 0.25) is 0 Å². The number of aliphatic carboxylic acids is 1. The predicted molar refractivity (Wildman–Crippen MR) is 77.7 cm³/mol. The zero-order valence-electron chi connectivity index (χ0n) is 12.5. The summed E-state index contributed by atoms with van der Waals surface area (Å²) in [5.41, 5.74) is -0.0345. The van der Waals surface area contributed by atoms with Crippen LogP contribution in [0.4, 0.5) is 9.18 Å². The van der Waals surface area contributed by atoms with E-state index in [1.807, 2.05) is 13.8 Å². The van der Waals surface area contributed by atoms with Crippen molar-refractivity contribution in [1.82, 2.24) is 10.2 Å².